The molecule has 0 aliphatic carbocycles. The van der Waals surface area contributed by atoms with Crippen LogP contribution in [0.2, 0.25) is 5.15 Å². The first-order valence-electron chi connectivity index (χ1n) is 4.53. The predicted molar refractivity (Wildman–Crippen MR) is 57.1 cm³/mol. The second-order valence-corrected chi connectivity index (χ2v) is 3.67. The molecule has 0 saturated heterocycles. The van der Waals surface area contributed by atoms with E-state index in [9.17, 15) is 8.78 Å². The third kappa shape index (κ3) is 2.17. The highest BCUT2D eigenvalue weighted by atomic mass is 35.5. The molecule has 0 bridgehead atoms. The van der Waals surface area contributed by atoms with Crippen LogP contribution < -0.4 is 0 Å². The van der Waals surface area contributed by atoms with Crippen LogP contribution in [0.25, 0.3) is 11.4 Å². The Morgan fingerprint density at radius 2 is 1.88 bits per heavy atom. The van der Waals surface area contributed by atoms with Crippen LogP contribution in [-0.4, -0.2) is 9.97 Å². The minimum absolute atomic E-state index is 0.00519. The van der Waals surface area contributed by atoms with Crippen LogP contribution in [0.1, 0.15) is 5.69 Å². The number of rotatable bonds is 1. The van der Waals surface area contributed by atoms with Gasteiger partial charge < -0.3 is 0 Å². The van der Waals surface area contributed by atoms with E-state index >= 15 is 0 Å². The zero-order chi connectivity index (χ0) is 11.7. The zero-order valence-corrected chi connectivity index (χ0v) is 9.09. The first-order chi connectivity index (χ1) is 7.56. The SMILES string of the molecule is Cc1cc(Cl)nc(-c2cc(F)ccc2F)n1. The molecule has 2 rings (SSSR count). The maximum absolute atomic E-state index is 13.4. The molecular weight excluding hydrogens is 234 g/mol. The van der Waals surface area contributed by atoms with Gasteiger partial charge in [-0.1, -0.05) is 11.6 Å². The van der Waals surface area contributed by atoms with Gasteiger partial charge in [-0.2, -0.15) is 0 Å². The van der Waals surface area contributed by atoms with Crippen LogP contribution in [-0.2, 0) is 0 Å². The summed E-state index contributed by atoms with van der Waals surface area (Å²) in [4.78, 5) is 7.86. The minimum atomic E-state index is -0.580. The lowest BCUT2D eigenvalue weighted by Crippen LogP contribution is -1.95. The summed E-state index contributed by atoms with van der Waals surface area (Å²) in [7, 11) is 0. The van der Waals surface area contributed by atoms with Crippen molar-refractivity contribution in [2.45, 2.75) is 6.92 Å². The molecule has 0 amide bonds. The highest BCUT2D eigenvalue weighted by molar-refractivity contribution is 6.29. The van der Waals surface area contributed by atoms with E-state index in [2.05, 4.69) is 9.97 Å². The third-order valence-electron chi connectivity index (χ3n) is 1.99. The maximum atomic E-state index is 13.4. The fourth-order valence-electron chi connectivity index (χ4n) is 1.32. The Hall–Kier alpha value is -1.55. The Morgan fingerprint density at radius 1 is 1.12 bits per heavy atom. The number of aromatic nitrogens is 2. The van der Waals surface area contributed by atoms with Crippen LogP contribution >= 0.6 is 11.6 Å². The van der Waals surface area contributed by atoms with Gasteiger partial charge in [0, 0.05) is 5.69 Å². The summed E-state index contributed by atoms with van der Waals surface area (Å²) in [5.74, 6) is -1.04. The van der Waals surface area contributed by atoms with Crippen molar-refractivity contribution in [1.29, 1.82) is 0 Å². The molecule has 0 aliphatic rings. The molecule has 1 heterocycles. The Labute approximate surface area is 95.9 Å². The quantitative estimate of drug-likeness (QED) is 0.714. The molecule has 16 heavy (non-hydrogen) atoms. The number of halogens is 3. The monoisotopic (exact) mass is 240 g/mol. The highest BCUT2D eigenvalue weighted by Gasteiger charge is 2.10. The van der Waals surface area contributed by atoms with Crippen molar-refractivity contribution in [3.8, 4) is 11.4 Å². The first-order valence-corrected chi connectivity index (χ1v) is 4.90. The predicted octanol–water partition coefficient (Wildman–Crippen LogP) is 3.38. The normalized spacial score (nSPS) is 10.5. The lowest BCUT2D eigenvalue weighted by Gasteiger charge is -2.03. The molecule has 0 aliphatic heterocycles. The molecule has 0 fully saturated rings. The molecule has 82 valence electrons. The topological polar surface area (TPSA) is 25.8 Å². The molecule has 5 heteroatoms. The number of benzene rings is 1. The van der Waals surface area contributed by atoms with Crippen molar-refractivity contribution >= 4 is 11.6 Å². The molecule has 0 spiro atoms. The van der Waals surface area contributed by atoms with Gasteiger partial charge in [-0.25, -0.2) is 18.7 Å². The van der Waals surface area contributed by atoms with Gasteiger partial charge in [-0.05, 0) is 31.2 Å². The highest BCUT2D eigenvalue weighted by Crippen LogP contribution is 2.22. The van der Waals surface area contributed by atoms with Crippen molar-refractivity contribution in [3.63, 3.8) is 0 Å². The summed E-state index contributed by atoms with van der Waals surface area (Å²) < 4.78 is 26.4. The standard InChI is InChI=1S/C11H7ClF2N2/c1-6-4-10(12)16-11(15-6)8-5-7(13)2-3-9(8)14/h2-5H,1H3. The average molecular weight is 241 g/mol. The van der Waals surface area contributed by atoms with Crippen molar-refractivity contribution < 1.29 is 8.78 Å². The third-order valence-corrected chi connectivity index (χ3v) is 2.19. The van der Waals surface area contributed by atoms with Gasteiger partial charge in [0.2, 0.25) is 0 Å². The van der Waals surface area contributed by atoms with E-state index in [0.717, 1.165) is 18.2 Å². The molecule has 0 atom stereocenters. The van der Waals surface area contributed by atoms with E-state index < -0.39 is 11.6 Å². The summed E-state index contributed by atoms with van der Waals surface area (Å²) >= 11 is 5.72. The molecule has 1 aromatic heterocycles. The summed E-state index contributed by atoms with van der Waals surface area (Å²) in [6.45, 7) is 1.70. The van der Waals surface area contributed by atoms with Crippen LogP contribution in [0.3, 0.4) is 0 Å². The van der Waals surface area contributed by atoms with Crippen LogP contribution in [0, 0.1) is 18.6 Å². The Balaban J connectivity index is 2.62. The molecular formula is C11H7ClF2N2. The van der Waals surface area contributed by atoms with Gasteiger partial charge in [0.1, 0.15) is 16.8 Å². The van der Waals surface area contributed by atoms with E-state index in [-0.39, 0.29) is 16.5 Å². The van der Waals surface area contributed by atoms with Gasteiger partial charge >= 0.3 is 0 Å². The summed E-state index contributed by atoms with van der Waals surface area (Å²) in [6, 6.07) is 4.66. The molecule has 2 nitrogen and oxygen atoms in total. The van der Waals surface area contributed by atoms with E-state index in [4.69, 9.17) is 11.6 Å². The minimum Gasteiger partial charge on any atom is -0.233 e. The second-order valence-electron chi connectivity index (χ2n) is 3.28. The summed E-state index contributed by atoms with van der Waals surface area (Å²) in [6.07, 6.45) is 0. The Morgan fingerprint density at radius 3 is 2.56 bits per heavy atom. The summed E-state index contributed by atoms with van der Waals surface area (Å²) in [5.41, 5.74) is 0.601. The molecule has 0 radical (unpaired) electrons. The molecule has 0 unspecified atom stereocenters. The molecule has 2 aromatic rings. The van der Waals surface area contributed by atoms with E-state index in [0.29, 0.717) is 5.69 Å². The van der Waals surface area contributed by atoms with E-state index in [1.54, 1.807) is 13.0 Å². The van der Waals surface area contributed by atoms with Gasteiger partial charge in [0.25, 0.3) is 0 Å². The van der Waals surface area contributed by atoms with Crippen LogP contribution in [0.5, 0.6) is 0 Å². The second kappa shape index (κ2) is 4.14. The van der Waals surface area contributed by atoms with Crippen molar-refractivity contribution in [1.82, 2.24) is 9.97 Å². The number of hydrogen-bond acceptors (Lipinski definition) is 2. The number of hydrogen-bond donors (Lipinski definition) is 0. The first kappa shape index (κ1) is 11.0. The molecule has 0 saturated carbocycles. The van der Waals surface area contributed by atoms with Crippen molar-refractivity contribution in [3.05, 3.63) is 46.7 Å². The van der Waals surface area contributed by atoms with E-state index in [1.807, 2.05) is 0 Å². The fraction of sp³-hybridized carbons (Fsp3) is 0.0909. The number of aryl methyl sites for hydroxylation is 1. The van der Waals surface area contributed by atoms with Gasteiger partial charge in [-0.3, -0.25) is 0 Å². The van der Waals surface area contributed by atoms with Gasteiger partial charge in [-0.15, -0.1) is 0 Å². The van der Waals surface area contributed by atoms with Crippen molar-refractivity contribution in [2.24, 2.45) is 0 Å². The van der Waals surface area contributed by atoms with Gasteiger partial charge in [0.05, 0.1) is 5.56 Å². The Bertz CT molecular complexity index is 523. The van der Waals surface area contributed by atoms with Gasteiger partial charge in [0.15, 0.2) is 5.82 Å². The summed E-state index contributed by atoms with van der Waals surface area (Å²) in [5, 5.41) is 0.200. The van der Waals surface area contributed by atoms with Crippen molar-refractivity contribution in [2.75, 3.05) is 0 Å². The van der Waals surface area contributed by atoms with Crippen LogP contribution in [0.4, 0.5) is 8.78 Å². The molecule has 1 aromatic carbocycles. The largest absolute Gasteiger partial charge is 0.233 e. The Kier molecular flexibility index (Phi) is 2.83. The number of nitrogens with zero attached hydrogens (tertiary/aromatic N) is 2. The molecule has 0 N–H and O–H groups in total. The lowest BCUT2D eigenvalue weighted by atomic mass is 10.2. The maximum Gasteiger partial charge on any atom is 0.164 e. The lowest BCUT2D eigenvalue weighted by molar-refractivity contribution is 0.602. The van der Waals surface area contributed by atoms with E-state index in [1.165, 1.54) is 0 Å². The average Bonchev–Trinajstić information content (AvgIpc) is 2.20. The fourth-order valence-corrected chi connectivity index (χ4v) is 1.56. The smallest absolute Gasteiger partial charge is 0.164 e. The zero-order valence-electron chi connectivity index (χ0n) is 8.34. The van der Waals surface area contributed by atoms with Crippen LogP contribution in [0.15, 0.2) is 24.3 Å².